The molecule has 3 nitrogen and oxygen atoms in total. The number of nitrogens with zero attached hydrogens (tertiary/aromatic N) is 2. The molecule has 1 aromatic rings. The molecule has 4 heteroatoms. The zero-order chi connectivity index (χ0) is 13.8. The second-order valence-corrected chi connectivity index (χ2v) is 5.54. The number of benzene rings is 1. The van der Waals surface area contributed by atoms with Gasteiger partial charge >= 0.3 is 0 Å². The Kier molecular flexibility index (Phi) is 4.83. The normalized spacial score (nSPS) is 19.6. The van der Waals surface area contributed by atoms with Crippen molar-refractivity contribution in [2.45, 2.75) is 25.8 Å². The van der Waals surface area contributed by atoms with Gasteiger partial charge in [-0.1, -0.05) is 18.5 Å². The lowest BCUT2D eigenvalue weighted by Gasteiger charge is -2.29. The molecule has 0 radical (unpaired) electrons. The highest BCUT2D eigenvalue weighted by Crippen LogP contribution is 2.24. The van der Waals surface area contributed by atoms with Crippen LogP contribution in [0.3, 0.4) is 0 Å². The van der Waals surface area contributed by atoms with Crippen molar-refractivity contribution >= 4 is 23.6 Å². The molecule has 1 fully saturated rings. The van der Waals surface area contributed by atoms with Crippen LogP contribution in [0.4, 0.5) is 5.69 Å². The molecule has 2 rings (SSSR count). The molecule has 0 saturated carbocycles. The van der Waals surface area contributed by atoms with Crippen LogP contribution in [0.2, 0.25) is 5.02 Å². The van der Waals surface area contributed by atoms with Gasteiger partial charge in [0.05, 0.1) is 5.02 Å². The third kappa shape index (κ3) is 3.28. The quantitative estimate of drug-likeness (QED) is 0.775. The van der Waals surface area contributed by atoms with Crippen molar-refractivity contribution in [3.05, 3.63) is 28.8 Å². The monoisotopic (exact) mass is 280 g/mol. The second-order valence-electron chi connectivity index (χ2n) is 5.13. The van der Waals surface area contributed by atoms with Crippen LogP contribution in [-0.4, -0.2) is 43.9 Å². The first-order chi connectivity index (χ1) is 9.15. The van der Waals surface area contributed by atoms with Crippen molar-refractivity contribution in [2.75, 3.05) is 31.6 Å². The van der Waals surface area contributed by atoms with Gasteiger partial charge in [-0.3, -0.25) is 9.69 Å². The van der Waals surface area contributed by atoms with Crippen molar-refractivity contribution in [3.8, 4) is 0 Å². The van der Waals surface area contributed by atoms with Crippen molar-refractivity contribution < 1.29 is 4.79 Å². The maximum atomic E-state index is 10.8. The Morgan fingerprint density at radius 2 is 2.32 bits per heavy atom. The lowest BCUT2D eigenvalue weighted by molar-refractivity contribution is 0.112. The number of likely N-dealkylation sites (N-methyl/N-ethyl adjacent to an activating group) is 2. The minimum atomic E-state index is 0.526. The van der Waals surface area contributed by atoms with E-state index in [1.54, 1.807) is 6.07 Å². The minimum absolute atomic E-state index is 0.526. The standard InChI is InChI=1S/C15H21ClN2O/c1-3-18-8-4-5-14(18)10-17(2)13-7-6-12(11-19)15(16)9-13/h6-7,9,11,14H,3-5,8,10H2,1-2H3. The molecule has 1 aromatic carbocycles. The highest BCUT2D eigenvalue weighted by molar-refractivity contribution is 6.33. The Morgan fingerprint density at radius 1 is 1.53 bits per heavy atom. The van der Waals surface area contributed by atoms with Crippen LogP contribution >= 0.6 is 11.6 Å². The Labute approximate surface area is 120 Å². The van der Waals surface area contributed by atoms with Crippen molar-refractivity contribution in [1.82, 2.24) is 4.90 Å². The number of likely N-dealkylation sites (tertiary alicyclic amines) is 1. The maximum absolute atomic E-state index is 10.8. The molecular weight excluding hydrogens is 260 g/mol. The Morgan fingerprint density at radius 3 is 2.95 bits per heavy atom. The van der Waals surface area contributed by atoms with E-state index in [1.807, 2.05) is 12.1 Å². The van der Waals surface area contributed by atoms with E-state index >= 15 is 0 Å². The first-order valence-corrected chi connectivity index (χ1v) is 7.23. The predicted octanol–water partition coefficient (Wildman–Crippen LogP) is 3.07. The molecule has 0 aromatic heterocycles. The summed E-state index contributed by atoms with van der Waals surface area (Å²) in [6.45, 7) is 5.54. The van der Waals surface area contributed by atoms with E-state index in [9.17, 15) is 4.79 Å². The summed E-state index contributed by atoms with van der Waals surface area (Å²) in [6.07, 6.45) is 3.34. The predicted molar refractivity (Wildman–Crippen MR) is 80.4 cm³/mol. The van der Waals surface area contributed by atoms with Crippen molar-refractivity contribution in [1.29, 1.82) is 0 Å². The summed E-state index contributed by atoms with van der Waals surface area (Å²) >= 11 is 6.08. The molecule has 0 aliphatic carbocycles. The highest BCUT2D eigenvalue weighted by atomic mass is 35.5. The number of rotatable bonds is 5. The van der Waals surface area contributed by atoms with Gasteiger partial charge in [-0.25, -0.2) is 0 Å². The Hall–Kier alpha value is -1.06. The Balaban J connectivity index is 2.05. The number of carbonyl (C=O) groups excluding carboxylic acids is 1. The molecule has 104 valence electrons. The lowest BCUT2D eigenvalue weighted by Crippen LogP contribution is -2.38. The number of hydrogen-bond donors (Lipinski definition) is 0. The summed E-state index contributed by atoms with van der Waals surface area (Å²) in [5.41, 5.74) is 1.62. The molecule has 19 heavy (non-hydrogen) atoms. The third-order valence-electron chi connectivity index (χ3n) is 3.94. The average Bonchev–Trinajstić information content (AvgIpc) is 2.85. The molecule has 0 amide bonds. The van der Waals surface area contributed by atoms with Crippen LogP contribution < -0.4 is 4.90 Å². The molecule has 1 heterocycles. The van der Waals surface area contributed by atoms with E-state index in [4.69, 9.17) is 11.6 Å². The summed E-state index contributed by atoms with van der Waals surface area (Å²) in [6, 6.07) is 6.24. The van der Waals surface area contributed by atoms with Crippen LogP contribution in [0.5, 0.6) is 0 Å². The number of hydrogen-bond acceptors (Lipinski definition) is 3. The van der Waals surface area contributed by atoms with Crippen molar-refractivity contribution in [3.63, 3.8) is 0 Å². The van der Waals surface area contributed by atoms with Gasteiger partial charge in [-0.2, -0.15) is 0 Å². The lowest BCUT2D eigenvalue weighted by atomic mass is 10.1. The van der Waals surface area contributed by atoms with E-state index in [0.717, 1.165) is 25.1 Å². The van der Waals surface area contributed by atoms with E-state index in [1.165, 1.54) is 19.4 Å². The molecular formula is C15H21ClN2O. The van der Waals surface area contributed by atoms with Gasteiger partial charge < -0.3 is 4.90 Å². The van der Waals surface area contributed by atoms with E-state index in [-0.39, 0.29) is 0 Å². The fourth-order valence-corrected chi connectivity index (χ4v) is 3.01. The second kappa shape index (κ2) is 6.40. The number of aldehydes is 1. The molecule has 0 spiro atoms. The topological polar surface area (TPSA) is 23.6 Å². The fraction of sp³-hybridized carbons (Fsp3) is 0.533. The summed E-state index contributed by atoms with van der Waals surface area (Å²) < 4.78 is 0. The van der Waals surface area contributed by atoms with E-state index in [2.05, 4.69) is 23.8 Å². The van der Waals surface area contributed by atoms with Crippen LogP contribution in [0, 0.1) is 0 Å². The molecule has 1 saturated heterocycles. The van der Waals surface area contributed by atoms with Crippen LogP contribution in [0.25, 0.3) is 0 Å². The minimum Gasteiger partial charge on any atom is -0.373 e. The summed E-state index contributed by atoms with van der Waals surface area (Å²) in [5.74, 6) is 0. The summed E-state index contributed by atoms with van der Waals surface area (Å²) in [4.78, 5) is 15.5. The molecule has 1 unspecified atom stereocenters. The zero-order valence-corrected chi connectivity index (χ0v) is 12.4. The van der Waals surface area contributed by atoms with E-state index in [0.29, 0.717) is 16.6 Å². The molecule has 0 bridgehead atoms. The first-order valence-electron chi connectivity index (χ1n) is 6.85. The van der Waals surface area contributed by atoms with Gasteiger partial charge in [-0.15, -0.1) is 0 Å². The maximum Gasteiger partial charge on any atom is 0.151 e. The van der Waals surface area contributed by atoms with Gasteiger partial charge in [0.15, 0.2) is 6.29 Å². The Bertz CT molecular complexity index is 450. The average molecular weight is 281 g/mol. The third-order valence-corrected chi connectivity index (χ3v) is 4.27. The molecule has 1 aliphatic rings. The number of halogens is 1. The summed E-state index contributed by atoms with van der Waals surface area (Å²) in [7, 11) is 2.08. The van der Waals surface area contributed by atoms with Crippen molar-refractivity contribution in [2.24, 2.45) is 0 Å². The van der Waals surface area contributed by atoms with Crippen LogP contribution in [0.15, 0.2) is 18.2 Å². The summed E-state index contributed by atoms with van der Waals surface area (Å²) in [5, 5.41) is 0.526. The zero-order valence-electron chi connectivity index (χ0n) is 11.6. The molecule has 0 N–H and O–H groups in total. The largest absolute Gasteiger partial charge is 0.373 e. The van der Waals surface area contributed by atoms with E-state index < -0.39 is 0 Å². The van der Waals surface area contributed by atoms with Gasteiger partial charge in [-0.05, 0) is 44.1 Å². The molecule has 1 atom stereocenters. The highest BCUT2D eigenvalue weighted by Gasteiger charge is 2.24. The smallest absolute Gasteiger partial charge is 0.151 e. The number of anilines is 1. The SMILES string of the molecule is CCN1CCCC1CN(C)c1ccc(C=O)c(Cl)c1. The van der Waals surface area contributed by atoms with Crippen LogP contribution in [-0.2, 0) is 0 Å². The van der Waals surface area contributed by atoms with Gasteiger partial charge in [0.1, 0.15) is 0 Å². The van der Waals surface area contributed by atoms with Gasteiger partial charge in [0.2, 0.25) is 0 Å². The number of carbonyl (C=O) groups is 1. The fourth-order valence-electron chi connectivity index (χ4n) is 2.79. The van der Waals surface area contributed by atoms with Crippen LogP contribution in [0.1, 0.15) is 30.1 Å². The first kappa shape index (κ1) is 14.4. The molecule has 1 aliphatic heterocycles. The van der Waals surface area contributed by atoms with Gasteiger partial charge in [0, 0.05) is 30.9 Å². The van der Waals surface area contributed by atoms with Gasteiger partial charge in [0.25, 0.3) is 0 Å².